The van der Waals surface area contributed by atoms with Crippen molar-refractivity contribution in [3.63, 3.8) is 0 Å². The van der Waals surface area contributed by atoms with Gasteiger partial charge in [0.05, 0.1) is 5.69 Å². The number of carbonyl (C=O) groups excluding carboxylic acids is 1. The van der Waals surface area contributed by atoms with E-state index in [2.05, 4.69) is 10.6 Å². The van der Waals surface area contributed by atoms with E-state index in [0.717, 1.165) is 12.8 Å². The number of para-hydroxylation sites is 1. The Balaban J connectivity index is 1.96. The van der Waals surface area contributed by atoms with Crippen LogP contribution in [0.2, 0.25) is 0 Å². The van der Waals surface area contributed by atoms with Crippen molar-refractivity contribution in [2.75, 3.05) is 5.32 Å². The summed E-state index contributed by atoms with van der Waals surface area (Å²) in [5.74, 6) is -0.0476. The zero-order valence-electron chi connectivity index (χ0n) is 10.9. The molecule has 0 aliphatic heterocycles. The summed E-state index contributed by atoms with van der Waals surface area (Å²) < 4.78 is 0. The van der Waals surface area contributed by atoms with Crippen LogP contribution in [0.15, 0.2) is 24.3 Å². The number of hydrogen-bond acceptors (Lipinski definition) is 2. The van der Waals surface area contributed by atoms with Crippen LogP contribution < -0.4 is 16.4 Å². The smallest absolute Gasteiger partial charge is 0.319 e. The van der Waals surface area contributed by atoms with Crippen molar-refractivity contribution in [2.45, 2.75) is 38.1 Å². The predicted molar refractivity (Wildman–Crippen MR) is 76.5 cm³/mol. The molecule has 0 aromatic heterocycles. The molecule has 2 rings (SSSR count). The molecule has 0 bridgehead atoms. The van der Waals surface area contributed by atoms with Gasteiger partial charge in [-0.3, -0.25) is 5.41 Å². The van der Waals surface area contributed by atoms with Crippen molar-refractivity contribution in [1.29, 1.82) is 5.41 Å². The zero-order valence-corrected chi connectivity index (χ0v) is 10.9. The third kappa shape index (κ3) is 3.71. The highest BCUT2D eigenvalue weighted by Crippen LogP contribution is 2.18. The normalized spacial score (nSPS) is 15.8. The maximum Gasteiger partial charge on any atom is 0.319 e. The molecule has 5 N–H and O–H groups in total. The fourth-order valence-electron chi connectivity index (χ4n) is 2.42. The van der Waals surface area contributed by atoms with Crippen molar-refractivity contribution in [2.24, 2.45) is 5.73 Å². The van der Waals surface area contributed by atoms with Crippen LogP contribution in [0.1, 0.15) is 37.7 Å². The molecule has 5 nitrogen and oxygen atoms in total. The van der Waals surface area contributed by atoms with Crippen molar-refractivity contribution in [3.05, 3.63) is 29.8 Å². The first kappa shape index (κ1) is 13.4. The molecular weight excluding hydrogens is 240 g/mol. The average molecular weight is 260 g/mol. The predicted octanol–water partition coefficient (Wildman–Crippen LogP) is 2.42. The van der Waals surface area contributed by atoms with Gasteiger partial charge in [-0.1, -0.05) is 31.4 Å². The largest absolute Gasteiger partial charge is 0.384 e. The first-order chi connectivity index (χ1) is 9.16. The van der Waals surface area contributed by atoms with Gasteiger partial charge in [0.15, 0.2) is 0 Å². The van der Waals surface area contributed by atoms with Gasteiger partial charge in [-0.25, -0.2) is 4.79 Å². The molecule has 0 unspecified atom stereocenters. The molecule has 1 aliphatic carbocycles. The summed E-state index contributed by atoms with van der Waals surface area (Å²) in [7, 11) is 0. The van der Waals surface area contributed by atoms with E-state index in [0.29, 0.717) is 11.3 Å². The van der Waals surface area contributed by atoms with E-state index >= 15 is 0 Å². The van der Waals surface area contributed by atoms with E-state index in [1.54, 1.807) is 18.2 Å². The lowest BCUT2D eigenvalue weighted by Gasteiger charge is -2.23. The average Bonchev–Trinajstić information content (AvgIpc) is 2.40. The van der Waals surface area contributed by atoms with Crippen molar-refractivity contribution < 1.29 is 4.79 Å². The van der Waals surface area contributed by atoms with E-state index in [4.69, 9.17) is 11.1 Å². The molecule has 0 saturated heterocycles. The summed E-state index contributed by atoms with van der Waals surface area (Å²) in [6.07, 6.45) is 5.69. The van der Waals surface area contributed by atoms with Gasteiger partial charge in [0.2, 0.25) is 0 Å². The third-order valence-electron chi connectivity index (χ3n) is 3.41. The fourth-order valence-corrected chi connectivity index (χ4v) is 2.42. The minimum Gasteiger partial charge on any atom is -0.384 e. The van der Waals surface area contributed by atoms with Crippen LogP contribution in [-0.4, -0.2) is 17.9 Å². The van der Waals surface area contributed by atoms with Crippen LogP contribution in [0.3, 0.4) is 0 Å². The fraction of sp³-hybridized carbons (Fsp3) is 0.429. The van der Waals surface area contributed by atoms with Crippen LogP contribution in [0.25, 0.3) is 0 Å². The number of nitrogen functional groups attached to an aromatic ring is 1. The van der Waals surface area contributed by atoms with E-state index in [9.17, 15) is 4.79 Å². The molecule has 0 atom stereocenters. The number of benzene rings is 1. The standard InChI is InChI=1S/C14H20N4O/c15-13(16)11-8-4-5-9-12(11)18-14(19)17-10-6-2-1-3-7-10/h4-5,8-10H,1-3,6-7H2,(H3,15,16)(H2,17,18,19). The van der Waals surface area contributed by atoms with Crippen LogP contribution in [0, 0.1) is 5.41 Å². The molecule has 1 fully saturated rings. The number of nitrogens with two attached hydrogens (primary N) is 1. The Kier molecular flexibility index (Phi) is 4.39. The Morgan fingerprint density at radius 2 is 1.89 bits per heavy atom. The Morgan fingerprint density at radius 1 is 1.21 bits per heavy atom. The van der Waals surface area contributed by atoms with E-state index < -0.39 is 0 Å². The molecule has 2 amide bonds. The van der Waals surface area contributed by atoms with Gasteiger partial charge in [0, 0.05) is 11.6 Å². The van der Waals surface area contributed by atoms with Gasteiger partial charge in [0.1, 0.15) is 5.84 Å². The van der Waals surface area contributed by atoms with Gasteiger partial charge in [-0.05, 0) is 25.0 Å². The quantitative estimate of drug-likeness (QED) is 0.496. The number of nitrogens with one attached hydrogen (secondary N) is 3. The van der Waals surface area contributed by atoms with Crippen LogP contribution in [-0.2, 0) is 0 Å². The second-order valence-electron chi connectivity index (χ2n) is 4.89. The van der Waals surface area contributed by atoms with Crippen LogP contribution in [0.5, 0.6) is 0 Å². The molecule has 1 saturated carbocycles. The highest BCUT2D eigenvalue weighted by Gasteiger charge is 2.16. The summed E-state index contributed by atoms with van der Waals surface area (Å²) in [5, 5.41) is 13.2. The number of anilines is 1. The number of carbonyl (C=O) groups is 1. The van der Waals surface area contributed by atoms with Crippen LogP contribution in [0.4, 0.5) is 10.5 Å². The minimum absolute atomic E-state index is 0.0476. The van der Waals surface area contributed by atoms with Crippen molar-refractivity contribution >= 4 is 17.6 Å². The van der Waals surface area contributed by atoms with Crippen molar-refractivity contribution in [1.82, 2.24) is 5.32 Å². The van der Waals surface area contributed by atoms with E-state index in [1.807, 2.05) is 6.07 Å². The van der Waals surface area contributed by atoms with Gasteiger partial charge < -0.3 is 16.4 Å². The Labute approximate surface area is 113 Å². The van der Waals surface area contributed by atoms with E-state index in [1.165, 1.54) is 19.3 Å². The SMILES string of the molecule is N=C(N)c1ccccc1NC(=O)NC1CCCCC1. The monoisotopic (exact) mass is 260 g/mol. The molecule has 102 valence electrons. The number of amidine groups is 1. The lowest BCUT2D eigenvalue weighted by molar-refractivity contribution is 0.244. The molecule has 1 aromatic rings. The Bertz CT molecular complexity index is 466. The lowest BCUT2D eigenvalue weighted by Crippen LogP contribution is -2.39. The summed E-state index contributed by atoms with van der Waals surface area (Å²) in [5.41, 5.74) is 6.60. The number of rotatable bonds is 3. The van der Waals surface area contributed by atoms with Crippen molar-refractivity contribution in [3.8, 4) is 0 Å². The molecule has 0 radical (unpaired) electrons. The highest BCUT2D eigenvalue weighted by atomic mass is 16.2. The van der Waals surface area contributed by atoms with Gasteiger partial charge in [0.25, 0.3) is 0 Å². The maximum absolute atomic E-state index is 11.9. The Morgan fingerprint density at radius 3 is 2.58 bits per heavy atom. The molecule has 19 heavy (non-hydrogen) atoms. The highest BCUT2D eigenvalue weighted by molar-refractivity contribution is 6.03. The van der Waals surface area contributed by atoms with E-state index in [-0.39, 0.29) is 17.9 Å². The molecule has 0 heterocycles. The second-order valence-corrected chi connectivity index (χ2v) is 4.89. The first-order valence-electron chi connectivity index (χ1n) is 6.68. The van der Waals surface area contributed by atoms with Gasteiger partial charge in [-0.2, -0.15) is 0 Å². The lowest BCUT2D eigenvalue weighted by atomic mass is 9.96. The summed E-state index contributed by atoms with van der Waals surface area (Å²) in [4.78, 5) is 11.9. The van der Waals surface area contributed by atoms with Gasteiger partial charge in [-0.15, -0.1) is 0 Å². The molecular formula is C14H20N4O. The Hall–Kier alpha value is -2.04. The summed E-state index contributed by atoms with van der Waals surface area (Å²) in [6, 6.07) is 7.11. The molecule has 5 heteroatoms. The molecule has 1 aliphatic rings. The second kappa shape index (κ2) is 6.22. The minimum atomic E-state index is -0.222. The number of urea groups is 1. The van der Waals surface area contributed by atoms with Gasteiger partial charge >= 0.3 is 6.03 Å². The topological polar surface area (TPSA) is 91.0 Å². The maximum atomic E-state index is 11.9. The molecule has 1 aromatic carbocycles. The first-order valence-corrected chi connectivity index (χ1v) is 6.68. The third-order valence-corrected chi connectivity index (χ3v) is 3.41. The molecule has 0 spiro atoms. The number of hydrogen-bond donors (Lipinski definition) is 4. The number of amides is 2. The van der Waals surface area contributed by atoms with Crippen LogP contribution >= 0.6 is 0 Å². The summed E-state index contributed by atoms with van der Waals surface area (Å²) in [6.45, 7) is 0. The summed E-state index contributed by atoms with van der Waals surface area (Å²) >= 11 is 0. The zero-order chi connectivity index (χ0) is 13.7.